The minimum atomic E-state index is -0.570. The smallest absolute Gasteiger partial charge is 0.339 e. The van der Waals surface area contributed by atoms with E-state index in [1.54, 1.807) is 6.92 Å². The summed E-state index contributed by atoms with van der Waals surface area (Å²) in [6.45, 7) is 5.22. The first-order valence-electron chi connectivity index (χ1n) is 9.06. The van der Waals surface area contributed by atoms with Crippen molar-refractivity contribution in [3.63, 3.8) is 0 Å². The highest BCUT2D eigenvalue weighted by molar-refractivity contribution is 6.02. The van der Waals surface area contributed by atoms with E-state index in [0.717, 1.165) is 19.3 Å². The molecule has 27 heavy (non-hydrogen) atoms. The Morgan fingerprint density at radius 2 is 1.81 bits per heavy atom. The minimum Gasteiger partial charge on any atom is -0.465 e. The van der Waals surface area contributed by atoms with Gasteiger partial charge in [-0.15, -0.1) is 0 Å². The molecule has 0 saturated heterocycles. The number of anilines is 1. The van der Waals surface area contributed by atoms with Crippen molar-refractivity contribution in [1.82, 2.24) is 4.98 Å². The van der Waals surface area contributed by atoms with E-state index in [4.69, 9.17) is 4.74 Å². The molecule has 0 aliphatic rings. The Hall–Kier alpha value is -2.89. The lowest BCUT2D eigenvalue weighted by Gasteiger charge is -2.07. The van der Waals surface area contributed by atoms with Crippen LogP contribution in [0, 0.1) is 6.92 Å². The Kier molecular flexibility index (Phi) is 6.93. The summed E-state index contributed by atoms with van der Waals surface area (Å²) in [4.78, 5) is 39.1. The predicted octanol–water partition coefficient (Wildman–Crippen LogP) is 3.84. The Morgan fingerprint density at radius 1 is 1.15 bits per heavy atom. The Labute approximate surface area is 159 Å². The van der Waals surface area contributed by atoms with E-state index >= 15 is 0 Å². The van der Waals surface area contributed by atoms with E-state index < -0.39 is 5.97 Å². The molecule has 0 spiro atoms. The van der Waals surface area contributed by atoms with Crippen molar-refractivity contribution in [2.45, 2.75) is 46.5 Å². The van der Waals surface area contributed by atoms with Gasteiger partial charge in [-0.2, -0.15) is 0 Å². The minimum absolute atomic E-state index is 0.0594. The van der Waals surface area contributed by atoms with Crippen LogP contribution in [0.5, 0.6) is 0 Å². The summed E-state index contributed by atoms with van der Waals surface area (Å²) < 4.78 is 4.79. The number of hydrogen-bond acceptors (Lipinski definition) is 4. The van der Waals surface area contributed by atoms with Crippen molar-refractivity contribution in [3.8, 4) is 0 Å². The lowest BCUT2D eigenvalue weighted by molar-refractivity contribution is -0.115. The van der Waals surface area contributed by atoms with Crippen LogP contribution in [0.25, 0.3) is 0 Å². The zero-order chi connectivity index (χ0) is 20.0. The number of aromatic nitrogens is 1. The van der Waals surface area contributed by atoms with Crippen molar-refractivity contribution in [1.29, 1.82) is 0 Å². The second-order valence-electron chi connectivity index (χ2n) is 6.55. The number of methoxy groups -OCH3 is 1. The van der Waals surface area contributed by atoms with Crippen LogP contribution in [0.4, 0.5) is 5.69 Å². The highest BCUT2D eigenvalue weighted by atomic mass is 16.5. The van der Waals surface area contributed by atoms with Crippen LogP contribution < -0.4 is 5.32 Å². The van der Waals surface area contributed by atoms with Gasteiger partial charge >= 0.3 is 5.97 Å². The number of benzene rings is 1. The maximum Gasteiger partial charge on any atom is 0.339 e. The molecule has 2 N–H and O–H groups in total. The second-order valence-corrected chi connectivity index (χ2v) is 6.55. The van der Waals surface area contributed by atoms with Crippen LogP contribution in [0.3, 0.4) is 0 Å². The molecule has 1 heterocycles. The summed E-state index contributed by atoms with van der Waals surface area (Å²) in [6.07, 6.45) is 3.23. The quantitative estimate of drug-likeness (QED) is 0.546. The Balaban J connectivity index is 2.14. The van der Waals surface area contributed by atoms with Gasteiger partial charge in [-0.3, -0.25) is 9.59 Å². The molecule has 6 nitrogen and oxygen atoms in total. The number of hydrogen-bond donors (Lipinski definition) is 2. The van der Waals surface area contributed by atoms with Gasteiger partial charge in [0.25, 0.3) is 0 Å². The molecule has 0 fully saturated rings. The number of H-pyrrole nitrogens is 1. The van der Waals surface area contributed by atoms with Gasteiger partial charge in [0.05, 0.1) is 24.8 Å². The largest absolute Gasteiger partial charge is 0.465 e. The molecule has 0 atom stereocenters. The number of aryl methyl sites for hydroxylation is 1. The third-order valence-electron chi connectivity index (χ3n) is 4.46. The third kappa shape index (κ3) is 5.06. The number of ether oxygens (including phenoxy) is 1. The molecule has 1 aromatic carbocycles. The van der Waals surface area contributed by atoms with E-state index in [9.17, 15) is 14.4 Å². The average Bonchev–Trinajstić information content (AvgIpc) is 2.96. The van der Waals surface area contributed by atoms with Crippen molar-refractivity contribution in [2.24, 2.45) is 0 Å². The van der Waals surface area contributed by atoms with Gasteiger partial charge in [-0.25, -0.2) is 4.79 Å². The molecular formula is C21H26N2O4. The van der Waals surface area contributed by atoms with Crippen molar-refractivity contribution in [2.75, 3.05) is 12.4 Å². The van der Waals surface area contributed by atoms with Crippen molar-refractivity contribution >= 4 is 23.3 Å². The van der Waals surface area contributed by atoms with Crippen molar-refractivity contribution < 1.29 is 19.1 Å². The molecular weight excluding hydrogens is 344 g/mol. The van der Waals surface area contributed by atoms with E-state index in [-0.39, 0.29) is 23.7 Å². The molecule has 1 amide bonds. The number of carbonyl (C=O) groups excluding carboxylic acids is 3. The fraction of sp³-hybridized carbons (Fsp3) is 0.381. The van der Waals surface area contributed by atoms with Crippen LogP contribution in [0.15, 0.2) is 24.3 Å². The summed E-state index contributed by atoms with van der Waals surface area (Å²) in [5, 5.41) is 2.82. The molecule has 0 aliphatic carbocycles. The normalized spacial score (nSPS) is 10.5. The highest BCUT2D eigenvalue weighted by Crippen LogP contribution is 2.21. The summed E-state index contributed by atoms with van der Waals surface area (Å²) in [5.74, 6) is -1.05. The molecule has 6 heteroatoms. The number of esters is 1. The standard InChI is InChI=1S/C21H26N2O4/c1-5-6-7-15-8-10-16(11-9-15)22-18(25)12-17-19(21(26)27-4)13(2)20(23-17)14(3)24/h8-11,23H,5-7,12H2,1-4H3,(H,22,25). The summed E-state index contributed by atoms with van der Waals surface area (Å²) >= 11 is 0. The number of Topliss-reactive ketones (excluding diaryl/α,β-unsaturated/α-hetero) is 1. The monoisotopic (exact) mass is 370 g/mol. The first-order valence-corrected chi connectivity index (χ1v) is 9.06. The van der Waals surface area contributed by atoms with E-state index in [0.29, 0.717) is 22.6 Å². The Bertz CT molecular complexity index is 835. The molecule has 0 aliphatic heterocycles. The highest BCUT2D eigenvalue weighted by Gasteiger charge is 2.24. The van der Waals surface area contributed by atoms with Crippen LogP contribution in [-0.4, -0.2) is 29.8 Å². The number of amides is 1. The predicted molar refractivity (Wildman–Crippen MR) is 104 cm³/mol. The molecule has 2 rings (SSSR count). The van der Waals surface area contributed by atoms with Crippen LogP contribution in [-0.2, 0) is 22.4 Å². The third-order valence-corrected chi connectivity index (χ3v) is 4.46. The molecule has 0 radical (unpaired) electrons. The van der Waals surface area contributed by atoms with Gasteiger partial charge in [-0.1, -0.05) is 25.5 Å². The molecule has 0 unspecified atom stereocenters. The van der Waals surface area contributed by atoms with Gasteiger partial charge in [0.1, 0.15) is 0 Å². The summed E-state index contributed by atoms with van der Waals surface area (Å²) in [5.41, 5.74) is 3.36. The number of rotatable bonds is 8. The number of carbonyl (C=O) groups is 3. The van der Waals surface area contributed by atoms with E-state index in [1.807, 2.05) is 24.3 Å². The number of aromatic amines is 1. The molecule has 1 aromatic heterocycles. The van der Waals surface area contributed by atoms with Crippen LogP contribution in [0.2, 0.25) is 0 Å². The molecule has 0 bridgehead atoms. The lowest BCUT2D eigenvalue weighted by atomic mass is 10.1. The Morgan fingerprint density at radius 3 is 2.37 bits per heavy atom. The number of ketones is 1. The topological polar surface area (TPSA) is 88.3 Å². The van der Waals surface area contributed by atoms with Crippen LogP contribution in [0.1, 0.15) is 64.4 Å². The first-order chi connectivity index (χ1) is 12.9. The van der Waals surface area contributed by atoms with Gasteiger partial charge in [0.2, 0.25) is 5.91 Å². The zero-order valence-electron chi connectivity index (χ0n) is 16.3. The second kappa shape index (κ2) is 9.16. The number of unbranched alkanes of at least 4 members (excludes halogenated alkanes) is 1. The van der Waals surface area contributed by atoms with Gasteiger partial charge in [0.15, 0.2) is 5.78 Å². The average molecular weight is 370 g/mol. The van der Waals surface area contributed by atoms with Gasteiger partial charge < -0.3 is 15.0 Å². The van der Waals surface area contributed by atoms with E-state index in [2.05, 4.69) is 17.2 Å². The van der Waals surface area contributed by atoms with Crippen molar-refractivity contribution in [3.05, 3.63) is 52.3 Å². The SMILES string of the molecule is CCCCc1ccc(NC(=O)Cc2[nH]c(C(C)=O)c(C)c2C(=O)OC)cc1. The maximum absolute atomic E-state index is 12.4. The van der Waals surface area contributed by atoms with Gasteiger partial charge in [-0.05, 0) is 43.0 Å². The first kappa shape index (κ1) is 20.4. The molecule has 2 aromatic rings. The summed E-state index contributed by atoms with van der Waals surface area (Å²) in [7, 11) is 1.27. The fourth-order valence-corrected chi connectivity index (χ4v) is 3.02. The molecule has 0 saturated carbocycles. The number of nitrogens with one attached hydrogen (secondary N) is 2. The molecule has 144 valence electrons. The fourth-order valence-electron chi connectivity index (χ4n) is 3.02. The van der Waals surface area contributed by atoms with E-state index in [1.165, 1.54) is 19.6 Å². The van der Waals surface area contributed by atoms with Gasteiger partial charge in [0, 0.05) is 18.3 Å². The zero-order valence-corrected chi connectivity index (χ0v) is 16.3. The van der Waals surface area contributed by atoms with Crippen LogP contribution >= 0.6 is 0 Å². The summed E-state index contributed by atoms with van der Waals surface area (Å²) in [6, 6.07) is 7.73. The maximum atomic E-state index is 12.4. The lowest BCUT2D eigenvalue weighted by Crippen LogP contribution is -2.17.